The molecular formula is C14H27N3O3. The zero-order valence-corrected chi connectivity index (χ0v) is 12.9. The van der Waals surface area contributed by atoms with Crippen LogP contribution in [-0.4, -0.2) is 48.2 Å². The maximum absolute atomic E-state index is 11.9. The predicted molar refractivity (Wildman–Crippen MR) is 77.2 cm³/mol. The summed E-state index contributed by atoms with van der Waals surface area (Å²) in [7, 11) is 0. The van der Waals surface area contributed by atoms with Crippen molar-refractivity contribution in [1.29, 1.82) is 0 Å². The number of nitrogens with zero attached hydrogens (tertiary/aromatic N) is 1. The molecule has 116 valence electrons. The summed E-state index contributed by atoms with van der Waals surface area (Å²) in [5.74, 6) is 0.131. The van der Waals surface area contributed by atoms with E-state index in [1.807, 2.05) is 20.8 Å². The third-order valence-electron chi connectivity index (χ3n) is 3.41. The lowest BCUT2D eigenvalue weighted by Gasteiger charge is -2.33. The fraction of sp³-hybridized carbons (Fsp3) is 0.857. The number of nitrogens with one attached hydrogen (secondary N) is 1. The van der Waals surface area contributed by atoms with E-state index in [2.05, 4.69) is 5.32 Å². The summed E-state index contributed by atoms with van der Waals surface area (Å²) in [5, 5.41) is 3.12. The molecule has 0 spiro atoms. The number of ether oxygens (including phenoxy) is 1. The summed E-state index contributed by atoms with van der Waals surface area (Å²) < 4.78 is 5.35. The van der Waals surface area contributed by atoms with E-state index in [4.69, 9.17) is 10.5 Å². The zero-order chi connectivity index (χ0) is 15.3. The van der Waals surface area contributed by atoms with Gasteiger partial charge in [-0.3, -0.25) is 4.79 Å². The Morgan fingerprint density at radius 2 is 1.90 bits per heavy atom. The van der Waals surface area contributed by atoms with Gasteiger partial charge in [-0.2, -0.15) is 0 Å². The molecule has 1 aliphatic heterocycles. The Bertz CT molecular complexity index is 344. The molecule has 2 amide bonds. The van der Waals surface area contributed by atoms with Crippen LogP contribution in [0.1, 0.15) is 40.5 Å². The molecule has 0 bridgehead atoms. The molecule has 0 aromatic heterocycles. The van der Waals surface area contributed by atoms with Gasteiger partial charge < -0.3 is 20.7 Å². The quantitative estimate of drug-likeness (QED) is 0.810. The Morgan fingerprint density at radius 3 is 2.35 bits per heavy atom. The number of piperidine rings is 1. The minimum Gasteiger partial charge on any atom is -0.444 e. The second-order valence-electron chi connectivity index (χ2n) is 6.44. The van der Waals surface area contributed by atoms with Crippen LogP contribution in [0.15, 0.2) is 0 Å². The number of likely N-dealkylation sites (tertiary alicyclic amines) is 1. The average Bonchev–Trinajstić information content (AvgIpc) is 2.34. The fourth-order valence-electron chi connectivity index (χ4n) is 2.09. The van der Waals surface area contributed by atoms with Crippen LogP contribution >= 0.6 is 0 Å². The number of hydrogen-bond donors (Lipinski definition) is 2. The summed E-state index contributed by atoms with van der Waals surface area (Å²) in [4.78, 5) is 24.6. The molecule has 0 radical (unpaired) electrons. The zero-order valence-electron chi connectivity index (χ0n) is 12.9. The van der Waals surface area contributed by atoms with Crippen molar-refractivity contribution in [3.05, 3.63) is 0 Å². The normalized spacial score (nSPS) is 18.7. The number of carbonyl (C=O) groups is 2. The topological polar surface area (TPSA) is 84.7 Å². The summed E-state index contributed by atoms with van der Waals surface area (Å²) >= 11 is 0. The molecule has 0 saturated carbocycles. The molecular weight excluding hydrogens is 258 g/mol. The molecule has 20 heavy (non-hydrogen) atoms. The predicted octanol–water partition coefficient (Wildman–Crippen LogP) is 1.10. The van der Waals surface area contributed by atoms with Crippen molar-refractivity contribution in [2.75, 3.05) is 19.6 Å². The van der Waals surface area contributed by atoms with Crippen molar-refractivity contribution in [3.8, 4) is 0 Å². The molecule has 1 saturated heterocycles. The summed E-state index contributed by atoms with van der Waals surface area (Å²) in [6, 6.07) is -0.307. The van der Waals surface area contributed by atoms with Crippen LogP contribution in [0, 0.1) is 5.92 Å². The van der Waals surface area contributed by atoms with E-state index in [0.717, 1.165) is 19.4 Å². The number of carbonyl (C=O) groups excluding carboxylic acids is 2. The Labute approximate surface area is 121 Å². The highest BCUT2D eigenvalue weighted by atomic mass is 16.6. The highest BCUT2D eigenvalue weighted by molar-refractivity contribution is 5.79. The number of primary amides is 1. The average molecular weight is 285 g/mol. The van der Waals surface area contributed by atoms with Crippen LogP contribution < -0.4 is 11.1 Å². The smallest absolute Gasteiger partial charge is 0.410 e. The van der Waals surface area contributed by atoms with Gasteiger partial charge in [0.25, 0.3) is 0 Å². The number of nitrogens with two attached hydrogens (primary N) is 1. The van der Waals surface area contributed by atoms with E-state index in [-0.39, 0.29) is 18.0 Å². The number of hydrogen-bond acceptors (Lipinski definition) is 4. The lowest BCUT2D eigenvalue weighted by atomic mass is 9.97. The molecule has 6 nitrogen and oxygen atoms in total. The van der Waals surface area contributed by atoms with Gasteiger partial charge in [0.15, 0.2) is 0 Å². The molecule has 1 aliphatic rings. The van der Waals surface area contributed by atoms with Crippen LogP contribution in [0.5, 0.6) is 0 Å². The molecule has 1 unspecified atom stereocenters. The summed E-state index contributed by atoms with van der Waals surface area (Å²) in [6.45, 7) is 9.52. The van der Waals surface area contributed by atoms with Gasteiger partial charge in [0.1, 0.15) is 5.60 Å². The van der Waals surface area contributed by atoms with E-state index in [1.165, 1.54) is 0 Å². The Hall–Kier alpha value is -1.30. The first kappa shape index (κ1) is 16.8. The molecule has 0 aromatic carbocycles. The van der Waals surface area contributed by atoms with E-state index in [0.29, 0.717) is 19.0 Å². The van der Waals surface area contributed by atoms with Gasteiger partial charge in [0.05, 0.1) is 6.04 Å². The van der Waals surface area contributed by atoms with Crippen LogP contribution in [0.25, 0.3) is 0 Å². The monoisotopic (exact) mass is 285 g/mol. The second kappa shape index (κ2) is 6.92. The molecule has 3 N–H and O–H groups in total. The van der Waals surface area contributed by atoms with E-state index in [9.17, 15) is 9.59 Å². The SMILES string of the molecule is CC(NCC1CCN(C(=O)OC(C)(C)C)CC1)C(N)=O. The van der Waals surface area contributed by atoms with Crippen LogP contribution in [-0.2, 0) is 9.53 Å². The molecule has 0 aliphatic carbocycles. The van der Waals surface area contributed by atoms with Crippen molar-refractivity contribution in [1.82, 2.24) is 10.2 Å². The first-order valence-electron chi connectivity index (χ1n) is 7.19. The largest absolute Gasteiger partial charge is 0.444 e. The molecule has 1 fully saturated rings. The highest BCUT2D eigenvalue weighted by Gasteiger charge is 2.27. The van der Waals surface area contributed by atoms with Gasteiger partial charge >= 0.3 is 6.09 Å². The van der Waals surface area contributed by atoms with Crippen LogP contribution in [0.2, 0.25) is 0 Å². The van der Waals surface area contributed by atoms with E-state index < -0.39 is 5.60 Å². The summed E-state index contributed by atoms with van der Waals surface area (Å²) in [5.41, 5.74) is 4.75. The minimum absolute atomic E-state index is 0.241. The summed E-state index contributed by atoms with van der Waals surface area (Å²) in [6.07, 6.45) is 1.59. The van der Waals surface area contributed by atoms with E-state index >= 15 is 0 Å². The number of rotatable bonds is 4. The van der Waals surface area contributed by atoms with Gasteiger partial charge in [0.2, 0.25) is 5.91 Å². The van der Waals surface area contributed by atoms with Crippen molar-refractivity contribution < 1.29 is 14.3 Å². The minimum atomic E-state index is -0.452. The van der Waals surface area contributed by atoms with Crippen molar-refractivity contribution in [2.45, 2.75) is 52.2 Å². The first-order chi connectivity index (χ1) is 9.19. The van der Waals surface area contributed by atoms with Gasteiger partial charge in [-0.25, -0.2) is 4.79 Å². The Kier molecular flexibility index (Phi) is 5.80. The van der Waals surface area contributed by atoms with Crippen molar-refractivity contribution >= 4 is 12.0 Å². The molecule has 6 heteroatoms. The van der Waals surface area contributed by atoms with E-state index in [1.54, 1.807) is 11.8 Å². The third kappa shape index (κ3) is 5.77. The van der Waals surface area contributed by atoms with Gasteiger partial charge in [-0.15, -0.1) is 0 Å². The lowest BCUT2D eigenvalue weighted by Crippen LogP contribution is -2.45. The first-order valence-corrected chi connectivity index (χ1v) is 7.19. The van der Waals surface area contributed by atoms with Crippen LogP contribution in [0.4, 0.5) is 4.79 Å². The van der Waals surface area contributed by atoms with Crippen molar-refractivity contribution in [2.24, 2.45) is 11.7 Å². The molecule has 1 rings (SSSR count). The van der Waals surface area contributed by atoms with Crippen molar-refractivity contribution in [3.63, 3.8) is 0 Å². The van der Waals surface area contributed by atoms with Crippen LogP contribution in [0.3, 0.4) is 0 Å². The maximum atomic E-state index is 11.9. The maximum Gasteiger partial charge on any atom is 0.410 e. The second-order valence-corrected chi connectivity index (χ2v) is 6.44. The fourth-order valence-corrected chi connectivity index (χ4v) is 2.09. The Morgan fingerprint density at radius 1 is 1.35 bits per heavy atom. The van der Waals surface area contributed by atoms with Gasteiger partial charge in [0, 0.05) is 13.1 Å². The molecule has 1 heterocycles. The van der Waals surface area contributed by atoms with Gasteiger partial charge in [-0.05, 0) is 53.0 Å². The number of amides is 2. The highest BCUT2D eigenvalue weighted by Crippen LogP contribution is 2.19. The molecule has 0 aromatic rings. The van der Waals surface area contributed by atoms with Gasteiger partial charge in [-0.1, -0.05) is 0 Å². The molecule has 1 atom stereocenters. The lowest BCUT2D eigenvalue weighted by molar-refractivity contribution is -0.119. The Balaban J connectivity index is 2.29. The standard InChI is InChI=1S/C14H27N3O3/c1-10(12(15)18)16-9-11-5-7-17(8-6-11)13(19)20-14(2,3)4/h10-11,16H,5-9H2,1-4H3,(H2,15,18). The third-order valence-corrected chi connectivity index (χ3v) is 3.41.